The molecule has 4 rings (SSSR count). The molecule has 1 fully saturated rings. The fourth-order valence-corrected chi connectivity index (χ4v) is 4.34. The SMILES string of the molecule is O=C(O)CC1CSCCN1C(=O)c1cnn2c1[nH]c(=O)c1ccccc12. The molecule has 0 aliphatic carbocycles. The van der Waals surface area contributed by atoms with Crippen molar-refractivity contribution in [2.24, 2.45) is 0 Å². The van der Waals surface area contributed by atoms with Crippen LogP contribution in [-0.2, 0) is 4.79 Å². The maximum absolute atomic E-state index is 13.1. The van der Waals surface area contributed by atoms with E-state index in [2.05, 4.69) is 10.1 Å². The Hall–Kier alpha value is -2.81. The molecule has 26 heavy (non-hydrogen) atoms. The Kier molecular flexibility index (Phi) is 4.15. The largest absolute Gasteiger partial charge is 0.481 e. The lowest BCUT2D eigenvalue weighted by Gasteiger charge is -2.34. The van der Waals surface area contributed by atoms with Crippen LogP contribution >= 0.6 is 11.8 Å². The van der Waals surface area contributed by atoms with Gasteiger partial charge in [0.1, 0.15) is 11.2 Å². The molecule has 9 heteroatoms. The maximum atomic E-state index is 13.1. The third kappa shape index (κ3) is 2.74. The van der Waals surface area contributed by atoms with Crippen molar-refractivity contribution in [2.75, 3.05) is 18.1 Å². The number of para-hydroxylation sites is 1. The summed E-state index contributed by atoms with van der Waals surface area (Å²) in [5.41, 5.74) is 0.918. The molecular weight excluding hydrogens is 356 g/mol. The third-order valence-electron chi connectivity index (χ3n) is 4.51. The van der Waals surface area contributed by atoms with Crippen LogP contribution in [0, 0.1) is 0 Å². The van der Waals surface area contributed by atoms with Crippen molar-refractivity contribution in [1.82, 2.24) is 19.5 Å². The van der Waals surface area contributed by atoms with Crippen LogP contribution in [0.1, 0.15) is 16.8 Å². The number of aromatic amines is 1. The van der Waals surface area contributed by atoms with Gasteiger partial charge >= 0.3 is 5.97 Å². The minimum absolute atomic E-state index is 0.0998. The van der Waals surface area contributed by atoms with E-state index in [-0.39, 0.29) is 29.5 Å². The molecular formula is C17H16N4O4S. The number of carbonyl (C=O) groups excluding carboxylic acids is 1. The molecule has 1 saturated heterocycles. The number of carbonyl (C=O) groups is 2. The number of fused-ring (bicyclic) bond motifs is 3. The minimum atomic E-state index is -0.936. The molecule has 3 aromatic rings. The Bertz CT molecular complexity index is 1070. The normalized spacial score (nSPS) is 17.7. The first-order valence-electron chi connectivity index (χ1n) is 8.15. The lowest BCUT2D eigenvalue weighted by Crippen LogP contribution is -2.47. The lowest BCUT2D eigenvalue weighted by molar-refractivity contribution is -0.138. The molecule has 8 nitrogen and oxygen atoms in total. The van der Waals surface area contributed by atoms with Crippen LogP contribution < -0.4 is 5.56 Å². The highest BCUT2D eigenvalue weighted by Gasteiger charge is 2.31. The van der Waals surface area contributed by atoms with Gasteiger partial charge in [-0.3, -0.25) is 14.4 Å². The number of hydrogen-bond acceptors (Lipinski definition) is 5. The van der Waals surface area contributed by atoms with Gasteiger partial charge in [-0.1, -0.05) is 12.1 Å². The van der Waals surface area contributed by atoms with Gasteiger partial charge in [-0.25, -0.2) is 4.52 Å². The minimum Gasteiger partial charge on any atom is -0.481 e. The Morgan fingerprint density at radius 3 is 2.96 bits per heavy atom. The molecule has 1 amide bonds. The van der Waals surface area contributed by atoms with Gasteiger partial charge in [0.2, 0.25) is 0 Å². The zero-order valence-electron chi connectivity index (χ0n) is 13.7. The van der Waals surface area contributed by atoms with Crippen LogP contribution in [0.2, 0.25) is 0 Å². The summed E-state index contributed by atoms with van der Waals surface area (Å²) >= 11 is 1.64. The third-order valence-corrected chi connectivity index (χ3v) is 5.60. The van der Waals surface area contributed by atoms with Crippen molar-refractivity contribution in [3.8, 4) is 0 Å². The number of aromatic nitrogens is 3. The average molecular weight is 372 g/mol. The Morgan fingerprint density at radius 1 is 1.35 bits per heavy atom. The number of amides is 1. The summed E-state index contributed by atoms with van der Waals surface area (Å²) in [7, 11) is 0. The lowest BCUT2D eigenvalue weighted by atomic mass is 10.1. The Balaban J connectivity index is 1.80. The molecule has 1 unspecified atom stereocenters. The number of nitrogens with one attached hydrogen (secondary N) is 1. The molecule has 1 aromatic carbocycles. The summed E-state index contributed by atoms with van der Waals surface area (Å²) in [4.78, 5) is 40.8. The number of aliphatic carboxylic acids is 1. The second kappa shape index (κ2) is 6.49. The van der Waals surface area contributed by atoms with Crippen LogP contribution in [-0.4, -0.2) is 60.6 Å². The number of nitrogens with zero attached hydrogens (tertiary/aromatic N) is 3. The van der Waals surface area contributed by atoms with Gasteiger partial charge in [0, 0.05) is 18.1 Å². The van der Waals surface area contributed by atoms with E-state index in [4.69, 9.17) is 5.11 Å². The Labute approximate surface area is 151 Å². The van der Waals surface area contributed by atoms with Crippen molar-refractivity contribution < 1.29 is 14.7 Å². The number of rotatable bonds is 3. The summed E-state index contributed by atoms with van der Waals surface area (Å²) in [6.07, 6.45) is 1.33. The second-order valence-electron chi connectivity index (χ2n) is 6.12. The first-order valence-corrected chi connectivity index (χ1v) is 9.31. The highest BCUT2D eigenvalue weighted by atomic mass is 32.2. The topological polar surface area (TPSA) is 108 Å². The van der Waals surface area contributed by atoms with E-state index in [1.54, 1.807) is 40.9 Å². The molecule has 1 aliphatic rings. The quantitative estimate of drug-likeness (QED) is 0.715. The van der Waals surface area contributed by atoms with Gasteiger partial charge in [-0.2, -0.15) is 16.9 Å². The molecule has 3 heterocycles. The molecule has 1 aliphatic heterocycles. The van der Waals surface area contributed by atoms with E-state index in [9.17, 15) is 14.4 Å². The average Bonchev–Trinajstić information content (AvgIpc) is 3.05. The van der Waals surface area contributed by atoms with Crippen molar-refractivity contribution in [1.29, 1.82) is 0 Å². The predicted molar refractivity (Wildman–Crippen MR) is 97.7 cm³/mol. The number of benzene rings is 1. The molecule has 0 bridgehead atoms. The van der Waals surface area contributed by atoms with Gasteiger partial charge in [-0.05, 0) is 12.1 Å². The van der Waals surface area contributed by atoms with E-state index in [0.29, 0.717) is 28.8 Å². The second-order valence-corrected chi connectivity index (χ2v) is 7.26. The monoisotopic (exact) mass is 372 g/mol. The number of thioether (sulfide) groups is 1. The van der Waals surface area contributed by atoms with Gasteiger partial charge in [0.15, 0.2) is 0 Å². The number of hydrogen-bond donors (Lipinski definition) is 2. The number of carboxylic acid groups (broad SMARTS) is 1. The highest BCUT2D eigenvalue weighted by Crippen LogP contribution is 2.23. The number of H-pyrrole nitrogens is 1. The summed E-state index contributed by atoms with van der Waals surface area (Å²) in [5.74, 6) is 0.0871. The molecule has 0 spiro atoms. The van der Waals surface area contributed by atoms with Crippen LogP contribution in [0.4, 0.5) is 0 Å². The Morgan fingerprint density at radius 2 is 2.15 bits per heavy atom. The van der Waals surface area contributed by atoms with Crippen molar-refractivity contribution in [3.63, 3.8) is 0 Å². The van der Waals surface area contributed by atoms with Crippen molar-refractivity contribution >= 4 is 40.2 Å². The van der Waals surface area contributed by atoms with Gasteiger partial charge in [0.25, 0.3) is 11.5 Å². The molecule has 2 N–H and O–H groups in total. The van der Waals surface area contributed by atoms with Crippen LogP contribution in [0.5, 0.6) is 0 Å². The summed E-state index contributed by atoms with van der Waals surface area (Å²) in [6.45, 7) is 0.469. The van der Waals surface area contributed by atoms with Gasteiger partial charge in [0.05, 0.1) is 29.6 Å². The molecule has 134 valence electrons. The van der Waals surface area contributed by atoms with Gasteiger partial charge in [-0.15, -0.1) is 0 Å². The first-order chi connectivity index (χ1) is 12.6. The predicted octanol–water partition coefficient (Wildman–Crippen LogP) is 1.21. The summed E-state index contributed by atoms with van der Waals surface area (Å²) < 4.78 is 1.54. The van der Waals surface area contributed by atoms with Crippen LogP contribution in [0.25, 0.3) is 16.6 Å². The van der Waals surface area contributed by atoms with E-state index in [0.717, 1.165) is 5.75 Å². The van der Waals surface area contributed by atoms with Crippen molar-refractivity contribution in [2.45, 2.75) is 12.5 Å². The molecule has 2 aromatic heterocycles. The molecule has 1 atom stereocenters. The zero-order chi connectivity index (χ0) is 18.3. The summed E-state index contributed by atoms with van der Waals surface area (Å²) in [6, 6.07) is 6.65. The zero-order valence-corrected chi connectivity index (χ0v) is 14.5. The fourth-order valence-electron chi connectivity index (χ4n) is 3.28. The highest BCUT2D eigenvalue weighted by molar-refractivity contribution is 7.99. The van der Waals surface area contributed by atoms with Crippen LogP contribution in [0.3, 0.4) is 0 Å². The number of carboxylic acids is 1. The molecule has 0 radical (unpaired) electrons. The van der Waals surface area contributed by atoms with Gasteiger partial charge < -0.3 is 15.0 Å². The standard InChI is InChI=1S/C17H16N4O4S/c22-14(23)7-10-9-26-6-5-20(10)17(25)12-8-18-21-13-4-2-1-3-11(13)16(24)19-15(12)21/h1-4,8,10H,5-7,9H2,(H,19,24)(H,22,23). The van der Waals surface area contributed by atoms with Crippen LogP contribution in [0.15, 0.2) is 35.3 Å². The smallest absolute Gasteiger partial charge is 0.305 e. The fraction of sp³-hybridized carbons (Fsp3) is 0.294. The molecule has 0 saturated carbocycles. The van der Waals surface area contributed by atoms with E-state index < -0.39 is 5.97 Å². The van der Waals surface area contributed by atoms with E-state index in [1.165, 1.54) is 10.7 Å². The van der Waals surface area contributed by atoms with E-state index >= 15 is 0 Å². The summed E-state index contributed by atoms with van der Waals surface area (Å²) in [5, 5.41) is 13.9. The van der Waals surface area contributed by atoms with Crippen molar-refractivity contribution in [3.05, 3.63) is 46.4 Å². The van der Waals surface area contributed by atoms with E-state index in [1.807, 2.05) is 0 Å². The maximum Gasteiger partial charge on any atom is 0.305 e. The first kappa shape index (κ1) is 16.6.